The quantitative estimate of drug-likeness (QED) is 0.723. The second-order valence-corrected chi connectivity index (χ2v) is 6.98. The Kier molecular flexibility index (Phi) is 3.83. The van der Waals surface area contributed by atoms with E-state index in [9.17, 15) is 9.18 Å². The van der Waals surface area contributed by atoms with Gasteiger partial charge in [0, 0.05) is 28.2 Å². The number of rotatable bonds is 2. The van der Waals surface area contributed by atoms with Crippen molar-refractivity contribution < 1.29 is 9.18 Å². The van der Waals surface area contributed by atoms with Gasteiger partial charge in [0.15, 0.2) is 0 Å². The van der Waals surface area contributed by atoms with Gasteiger partial charge in [-0.1, -0.05) is 6.07 Å². The molecule has 1 unspecified atom stereocenters. The molecule has 3 aromatic rings. The largest absolute Gasteiger partial charge is 0.358 e. The smallest absolute Gasteiger partial charge is 0.251 e. The third kappa shape index (κ3) is 2.93. The highest BCUT2D eigenvalue weighted by Gasteiger charge is 2.24. The van der Waals surface area contributed by atoms with E-state index < -0.39 is 0 Å². The molecule has 128 valence electrons. The molecule has 0 saturated carbocycles. The van der Waals surface area contributed by atoms with Crippen LogP contribution in [0.5, 0.6) is 0 Å². The molecule has 1 atom stereocenters. The number of aryl methyl sites for hydroxylation is 3. The first-order valence-corrected chi connectivity index (χ1v) is 8.68. The summed E-state index contributed by atoms with van der Waals surface area (Å²) < 4.78 is 13.4. The van der Waals surface area contributed by atoms with Gasteiger partial charge in [-0.05, 0) is 80.1 Å². The van der Waals surface area contributed by atoms with Gasteiger partial charge in [0.1, 0.15) is 5.82 Å². The second-order valence-electron chi connectivity index (χ2n) is 6.98. The van der Waals surface area contributed by atoms with Crippen LogP contribution in [0.4, 0.5) is 4.39 Å². The van der Waals surface area contributed by atoms with E-state index in [0.29, 0.717) is 5.56 Å². The zero-order chi connectivity index (χ0) is 17.6. The summed E-state index contributed by atoms with van der Waals surface area (Å²) in [6, 6.07) is 10.8. The van der Waals surface area contributed by atoms with Crippen LogP contribution in [0.2, 0.25) is 0 Å². The average Bonchev–Trinajstić information content (AvgIpc) is 2.94. The first-order valence-electron chi connectivity index (χ1n) is 8.68. The van der Waals surface area contributed by atoms with Crippen molar-refractivity contribution in [3.8, 4) is 0 Å². The fourth-order valence-electron chi connectivity index (χ4n) is 3.67. The van der Waals surface area contributed by atoms with E-state index in [0.717, 1.165) is 41.4 Å². The van der Waals surface area contributed by atoms with Crippen molar-refractivity contribution in [3.05, 3.63) is 70.2 Å². The summed E-state index contributed by atoms with van der Waals surface area (Å²) >= 11 is 0. The van der Waals surface area contributed by atoms with Gasteiger partial charge < -0.3 is 10.3 Å². The minimum absolute atomic E-state index is 0.0255. The van der Waals surface area contributed by atoms with Crippen LogP contribution in [0.3, 0.4) is 0 Å². The number of carbonyl (C=O) groups is 1. The molecule has 1 aliphatic rings. The fourth-order valence-corrected chi connectivity index (χ4v) is 3.67. The molecule has 4 rings (SSSR count). The summed E-state index contributed by atoms with van der Waals surface area (Å²) in [5.41, 5.74) is 6.21. The molecule has 25 heavy (non-hydrogen) atoms. The summed E-state index contributed by atoms with van der Waals surface area (Å²) in [6.45, 7) is 4.06. The van der Waals surface area contributed by atoms with Crippen LogP contribution in [0.1, 0.15) is 39.2 Å². The monoisotopic (exact) mass is 336 g/mol. The standard InChI is InChI=1S/C21H21FN2O/c1-12-3-4-14(9-13(12)2)21(25)23-16-6-8-19-18(11-16)17-7-5-15(22)10-20(17)24-19/h3-5,7,9-10,16,24H,6,8,11H2,1-2H3,(H,23,25). The van der Waals surface area contributed by atoms with Crippen LogP contribution in [0, 0.1) is 19.7 Å². The highest BCUT2D eigenvalue weighted by atomic mass is 19.1. The highest BCUT2D eigenvalue weighted by molar-refractivity contribution is 5.94. The minimum Gasteiger partial charge on any atom is -0.358 e. The lowest BCUT2D eigenvalue weighted by atomic mass is 9.91. The summed E-state index contributed by atoms with van der Waals surface area (Å²) in [5, 5.41) is 4.22. The van der Waals surface area contributed by atoms with E-state index in [2.05, 4.69) is 10.3 Å². The molecular formula is C21H21FN2O. The molecular weight excluding hydrogens is 315 g/mol. The first kappa shape index (κ1) is 15.9. The maximum Gasteiger partial charge on any atom is 0.251 e. The van der Waals surface area contributed by atoms with Gasteiger partial charge in [-0.15, -0.1) is 0 Å². The van der Waals surface area contributed by atoms with Crippen molar-refractivity contribution in [1.29, 1.82) is 0 Å². The number of benzene rings is 2. The maximum absolute atomic E-state index is 13.4. The van der Waals surface area contributed by atoms with E-state index in [1.54, 1.807) is 0 Å². The Hall–Kier alpha value is -2.62. The molecule has 0 aliphatic heterocycles. The number of H-pyrrole nitrogens is 1. The Morgan fingerprint density at radius 2 is 2.00 bits per heavy atom. The Bertz CT molecular complexity index is 973. The SMILES string of the molecule is Cc1ccc(C(=O)NC2CCc3[nH]c4cc(F)ccc4c3C2)cc1C. The van der Waals surface area contributed by atoms with Gasteiger partial charge in [-0.2, -0.15) is 0 Å². The summed E-state index contributed by atoms with van der Waals surface area (Å²) in [4.78, 5) is 15.9. The number of hydrogen-bond acceptors (Lipinski definition) is 1. The molecule has 0 saturated heterocycles. The van der Waals surface area contributed by atoms with Crippen LogP contribution in [-0.2, 0) is 12.8 Å². The molecule has 1 aromatic heterocycles. The van der Waals surface area contributed by atoms with Crippen LogP contribution < -0.4 is 5.32 Å². The number of halogens is 1. The van der Waals surface area contributed by atoms with E-state index in [-0.39, 0.29) is 17.8 Å². The van der Waals surface area contributed by atoms with E-state index in [1.165, 1.54) is 23.3 Å². The molecule has 1 aliphatic carbocycles. The van der Waals surface area contributed by atoms with Gasteiger partial charge in [0.25, 0.3) is 5.91 Å². The predicted molar refractivity (Wildman–Crippen MR) is 97.5 cm³/mol. The summed E-state index contributed by atoms with van der Waals surface area (Å²) in [6.07, 6.45) is 2.53. The Morgan fingerprint density at radius 1 is 1.16 bits per heavy atom. The van der Waals surface area contributed by atoms with Gasteiger partial charge in [0.05, 0.1) is 0 Å². The number of aromatic nitrogens is 1. The third-order valence-corrected chi connectivity index (χ3v) is 5.25. The van der Waals surface area contributed by atoms with Gasteiger partial charge in [0.2, 0.25) is 0 Å². The topological polar surface area (TPSA) is 44.9 Å². The van der Waals surface area contributed by atoms with Crippen LogP contribution in [-0.4, -0.2) is 16.9 Å². The van der Waals surface area contributed by atoms with Crippen molar-refractivity contribution in [2.24, 2.45) is 0 Å². The van der Waals surface area contributed by atoms with Crippen molar-refractivity contribution in [2.75, 3.05) is 0 Å². The number of aromatic amines is 1. The zero-order valence-corrected chi connectivity index (χ0v) is 14.4. The van der Waals surface area contributed by atoms with Gasteiger partial charge in [-0.25, -0.2) is 4.39 Å². The minimum atomic E-state index is -0.231. The number of amides is 1. The van der Waals surface area contributed by atoms with E-state index in [1.807, 2.05) is 38.1 Å². The second kappa shape index (κ2) is 6.03. The predicted octanol–water partition coefficient (Wildman–Crippen LogP) is 4.21. The van der Waals surface area contributed by atoms with Crippen molar-refractivity contribution in [3.63, 3.8) is 0 Å². The summed E-state index contributed by atoms with van der Waals surface area (Å²) in [5.74, 6) is -0.256. The Labute approximate surface area is 146 Å². The van der Waals surface area contributed by atoms with E-state index >= 15 is 0 Å². The molecule has 1 amide bonds. The molecule has 0 spiro atoms. The zero-order valence-electron chi connectivity index (χ0n) is 14.4. The lowest BCUT2D eigenvalue weighted by Gasteiger charge is -2.24. The van der Waals surface area contributed by atoms with Crippen molar-refractivity contribution >= 4 is 16.8 Å². The van der Waals surface area contributed by atoms with Crippen LogP contribution in [0.15, 0.2) is 36.4 Å². The van der Waals surface area contributed by atoms with Crippen molar-refractivity contribution in [1.82, 2.24) is 10.3 Å². The highest BCUT2D eigenvalue weighted by Crippen LogP contribution is 2.29. The molecule has 0 radical (unpaired) electrons. The van der Waals surface area contributed by atoms with Crippen molar-refractivity contribution in [2.45, 2.75) is 39.2 Å². The van der Waals surface area contributed by atoms with Crippen LogP contribution >= 0.6 is 0 Å². The average molecular weight is 336 g/mol. The third-order valence-electron chi connectivity index (χ3n) is 5.25. The molecule has 3 nitrogen and oxygen atoms in total. The normalized spacial score (nSPS) is 16.7. The molecule has 1 heterocycles. The molecule has 2 aromatic carbocycles. The maximum atomic E-state index is 13.4. The molecule has 4 heteroatoms. The number of fused-ring (bicyclic) bond motifs is 3. The summed E-state index contributed by atoms with van der Waals surface area (Å²) in [7, 11) is 0. The first-order chi connectivity index (χ1) is 12.0. The Balaban J connectivity index is 1.55. The van der Waals surface area contributed by atoms with Crippen LogP contribution in [0.25, 0.3) is 10.9 Å². The van der Waals surface area contributed by atoms with Gasteiger partial charge in [-0.3, -0.25) is 4.79 Å². The number of nitrogens with one attached hydrogen (secondary N) is 2. The Morgan fingerprint density at radius 3 is 2.80 bits per heavy atom. The van der Waals surface area contributed by atoms with E-state index in [4.69, 9.17) is 0 Å². The number of carbonyl (C=O) groups excluding carboxylic acids is 1. The number of hydrogen-bond donors (Lipinski definition) is 2. The molecule has 0 fully saturated rings. The van der Waals surface area contributed by atoms with Gasteiger partial charge >= 0.3 is 0 Å². The lowest BCUT2D eigenvalue weighted by molar-refractivity contribution is 0.0933. The molecule has 2 N–H and O–H groups in total. The molecule has 0 bridgehead atoms. The fraction of sp³-hybridized carbons (Fsp3) is 0.286. The lowest BCUT2D eigenvalue weighted by Crippen LogP contribution is -2.38.